The molecule has 0 N–H and O–H groups in total. The Labute approximate surface area is 596 Å². The summed E-state index contributed by atoms with van der Waals surface area (Å²) in [4.78, 5) is 22.4. The maximum atomic E-state index is 5.83. The van der Waals surface area contributed by atoms with Gasteiger partial charge in [0.2, 0.25) is 5.95 Å². The summed E-state index contributed by atoms with van der Waals surface area (Å²) in [5.41, 5.74) is 21.0. The molecule has 0 unspecified atom stereocenters. The maximum absolute atomic E-state index is 5.83. The smallest absolute Gasteiger partial charge is 0.237 e. The normalized spacial score (nSPS) is 12.6. The van der Waals surface area contributed by atoms with Crippen LogP contribution in [0.1, 0.15) is 0 Å². The molecule has 0 atom stereocenters. The fourth-order valence-electron chi connectivity index (χ4n) is 18.7. The Balaban J connectivity index is 0.654. The number of para-hydroxylation sites is 7. The van der Waals surface area contributed by atoms with Gasteiger partial charge in [-0.15, -0.1) is 0 Å². The molecule has 9 heteroatoms. The van der Waals surface area contributed by atoms with E-state index in [2.05, 4.69) is 344 Å². The number of hydrogen-bond donors (Lipinski definition) is 0. The van der Waals surface area contributed by atoms with Crippen molar-refractivity contribution in [1.29, 1.82) is 0 Å². The van der Waals surface area contributed by atoms with Gasteiger partial charge in [0.25, 0.3) is 0 Å². The highest BCUT2D eigenvalue weighted by Crippen LogP contribution is 2.51. The summed E-state index contributed by atoms with van der Waals surface area (Å²) in [6.07, 6.45) is 0. The van der Waals surface area contributed by atoms with E-state index in [4.69, 9.17) is 19.9 Å². The van der Waals surface area contributed by atoms with Crippen LogP contribution >= 0.6 is 0 Å². The van der Waals surface area contributed by atoms with Crippen molar-refractivity contribution in [3.05, 3.63) is 322 Å². The second-order valence-corrected chi connectivity index (χ2v) is 28.4. The van der Waals surface area contributed by atoms with Crippen molar-refractivity contribution in [2.45, 2.75) is 0 Å². The Morgan fingerprint density at radius 1 is 0.190 bits per heavy atom. The Hall–Kier alpha value is -14.3. The van der Waals surface area contributed by atoms with Crippen molar-refractivity contribution in [3.8, 4) is 51.2 Å². The lowest BCUT2D eigenvalue weighted by Gasteiger charge is -2.15. The van der Waals surface area contributed by atoms with E-state index in [-0.39, 0.29) is 0 Å². The third-order valence-corrected chi connectivity index (χ3v) is 23.1. The van der Waals surface area contributed by atoms with Crippen LogP contribution in [0.5, 0.6) is 0 Å². The fourth-order valence-corrected chi connectivity index (χ4v) is 18.7. The molecule has 25 aromatic rings. The lowest BCUT2D eigenvalue weighted by atomic mass is 9.96. The van der Waals surface area contributed by atoms with Crippen LogP contribution in [0.25, 0.3) is 236 Å². The van der Waals surface area contributed by atoms with Crippen LogP contribution in [-0.4, -0.2) is 42.4 Å². The molecule has 0 radical (unpaired) electrons. The van der Waals surface area contributed by atoms with Crippen molar-refractivity contribution in [3.63, 3.8) is 0 Å². The summed E-state index contributed by atoms with van der Waals surface area (Å²) in [7, 11) is 0. The van der Waals surface area contributed by atoms with E-state index >= 15 is 0 Å². The average molecular weight is 1330 g/mol. The average Bonchev–Trinajstić information content (AvgIpc) is 1.52. The Kier molecular flexibility index (Phi) is 10.7. The molecule has 0 aliphatic heterocycles. The van der Waals surface area contributed by atoms with Crippen LogP contribution in [-0.2, 0) is 0 Å². The zero-order valence-electron chi connectivity index (χ0n) is 56.1. The Morgan fingerprint density at radius 3 is 1.16 bits per heavy atom. The first-order valence-corrected chi connectivity index (χ1v) is 35.9. The van der Waals surface area contributed by atoms with Crippen LogP contribution in [0.4, 0.5) is 0 Å². The van der Waals surface area contributed by atoms with Crippen molar-refractivity contribution in [2.24, 2.45) is 0 Å². The highest BCUT2D eigenvalue weighted by molar-refractivity contribution is 6.38. The number of hydrogen-bond acceptors (Lipinski definition) is 4. The largest absolute Gasteiger partial charge is 0.308 e. The molecule has 482 valence electrons. The molecule has 0 spiro atoms. The zero-order chi connectivity index (χ0) is 68.0. The number of aromatic nitrogens is 9. The predicted octanol–water partition coefficient (Wildman–Crippen LogP) is 24.5. The van der Waals surface area contributed by atoms with E-state index in [9.17, 15) is 0 Å². The zero-order valence-corrected chi connectivity index (χ0v) is 56.1. The van der Waals surface area contributed by atoms with Gasteiger partial charge in [-0.2, -0.15) is 4.98 Å². The first-order chi connectivity index (χ1) is 52.1. The molecule has 0 bridgehead atoms. The van der Waals surface area contributed by atoms with E-state index in [1.807, 2.05) is 0 Å². The van der Waals surface area contributed by atoms with Gasteiger partial charge in [0.05, 0.1) is 77.2 Å². The Bertz CT molecular complexity index is 8110. The molecule has 0 aliphatic carbocycles. The lowest BCUT2D eigenvalue weighted by molar-refractivity contribution is 0.974. The molecule has 0 saturated heterocycles. The van der Waals surface area contributed by atoms with Gasteiger partial charge in [0, 0.05) is 103 Å². The topological polar surface area (TPSA) is 75.2 Å². The molecular formula is C96H53N9. The van der Waals surface area contributed by atoms with Crippen molar-refractivity contribution >= 4 is 185 Å². The number of benzene rings is 16. The molecule has 0 amide bonds. The molecule has 25 rings (SSSR count). The molecule has 0 aliphatic rings. The van der Waals surface area contributed by atoms with Crippen molar-refractivity contribution < 1.29 is 0 Å². The minimum Gasteiger partial charge on any atom is -0.308 e. The molecule has 9 aromatic heterocycles. The number of nitrogens with zero attached hydrogens (tertiary/aromatic N) is 9. The summed E-state index contributed by atoms with van der Waals surface area (Å²) < 4.78 is 12.2. The summed E-state index contributed by atoms with van der Waals surface area (Å²) in [6, 6.07) is 118. The van der Waals surface area contributed by atoms with Gasteiger partial charge in [0.1, 0.15) is 5.82 Å². The van der Waals surface area contributed by atoms with Gasteiger partial charge >= 0.3 is 0 Å². The van der Waals surface area contributed by atoms with Gasteiger partial charge in [-0.05, 0) is 118 Å². The first-order valence-electron chi connectivity index (χ1n) is 35.9. The summed E-state index contributed by atoms with van der Waals surface area (Å²) >= 11 is 0. The van der Waals surface area contributed by atoms with E-state index in [1.54, 1.807) is 0 Å². The van der Waals surface area contributed by atoms with E-state index in [0.29, 0.717) is 11.8 Å². The number of fused-ring (bicyclic) bond motifs is 29. The predicted molar refractivity (Wildman–Crippen MR) is 436 cm³/mol. The quantitative estimate of drug-likeness (QED) is 0.166. The van der Waals surface area contributed by atoms with Gasteiger partial charge in [-0.25, -0.2) is 15.0 Å². The molecule has 0 saturated carbocycles. The number of rotatable bonds is 6. The molecule has 9 nitrogen and oxygen atoms in total. The minimum atomic E-state index is 0.625. The van der Waals surface area contributed by atoms with E-state index in [1.165, 1.54) is 103 Å². The molecule has 105 heavy (non-hydrogen) atoms. The molecule has 0 fully saturated rings. The van der Waals surface area contributed by atoms with E-state index < -0.39 is 0 Å². The van der Waals surface area contributed by atoms with Crippen molar-refractivity contribution in [2.75, 3.05) is 0 Å². The first kappa shape index (κ1) is 55.5. The summed E-state index contributed by atoms with van der Waals surface area (Å²) in [5, 5.41) is 23.4. The fraction of sp³-hybridized carbons (Fsp3) is 0. The van der Waals surface area contributed by atoms with Crippen LogP contribution in [0, 0.1) is 0 Å². The Morgan fingerprint density at radius 2 is 0.590 bits per heavy atom. The highest BCUT2D eigenvalue weighted by atomic mass is 15.2. The van der Waals surface area contributed by atoms with Crippen LogP contribution < -0.4 is 0 Å². The molecular weight excluding hydrogens is 1280 g/mol. The standard InChI is InChI=1S/C96H53N9/c1-3-24-61-55(20-1)44-47-66-74-52-73-65-28-9-14-35-79(65)101-82-38-17-10-31-70(82)85(89(73)101)91(74)104(87(61)66)94-68-29-5-12-33-77(68)97-93(99-94)57-42-40-54(41-43-57)58-22-19-23-59(50-58)60-46-49-84-72(51-60)76-53-75-67-48-45-56-21-2-4-25-62(56)88(67)105(92(75)86-71-32-11-18-39-83(71)102(84)90(76)86)95-69-30-6-13-34-78(69)98-96(100-95)103-80-36-15-7-26-63(80)64-27-8-16-37-81(64)103/h1-53H. The molecule has 9 heterocycles. The summed E-state index contributed by atoms with van der Waals surface area (Å²) in [6.45, 7) is 0. The molecule has 16 aromatic carbocycles. The third kappa shape index (κ3) is 7.29. The van der Waals surface area contributed by atoms with Crippen LogP contribution in [0.2, 0.25) is 0 Å². The van der Waals surface area contributed by atoms with Gasteiger partial charge in [-0.1, -0.05) is 237 Å². The van der Waals surface area contributed by atoms with Crippen LogP contribution in [0.3, 0.4) is 0 Å². The third-order valence-electron chi connectivity index (χ3n) is 23.1. The highest BCUT2D eigenvalue weighted by Gasteiger charge is 2.30. The van der Waals surface area contributed by atoms with Crippen LogP contribution in [0.15, 0.2) is 322 Å². The lowest BCUT2D eigenvalue weighted by Crippen LogP contribution is -2.07. The van der Waals surface area contributed by atoms with Gasteiger partial charge in [0.15, 0.2) is 11.6 Å². The minimum absolute atomic E-state index is 0.625. The monoisotopic (exact) mass is 1330 g/mol. The second kappa shape index (κ2) is 20.3. The maximum Gasteiger partial charge on any atom is 0.237 e. The SMILES string of the molecule is c1cc(-c2ccc(-c3nc(-n4c5c6ccccc6ccc5c5cc6c7ccccc7n7c8ccccc8c(c54)c67)c4ccccc4n3)cc2)cc(-c2ccc3c(c2)c2cc4c5ccc6ccccc6c5n(-c5nc(-n6c7ccccc7c7ccccc76)nc6ccccc56)c4c4c5ccccc5n3c24)c1. The van der Waals surface area contributed by atoms with E-state index in [0.717, 1.165) is 122 Å². The van der Waals surface area contributed by atoms with Gasteiger partial charge < -0.3 is 8.80 Å². The van der Waals surface area contributed by atoms with Gasteiger partial charge in [-0.3, -0.25) is 13.7 Å². The summed E-state index contributed by atoms with van der Waals surface area (Å²) in [5.74, 6) is 2.98. The second-order valence-electron chi connectivity index (χ2n) is 28.4. The van der Waals surface area contributed by atoms with Crippen molar-refractivity contribution in [1.82, 2.24) is 42.4 Å².